The molecule has 0 aromatic heterocycles. The molecule has 0 spiro atoms. The number of allylic oxidation sites excluding steroid dienone is 4. The van der Waals surface area contributed by atoms with E-state index in [0.717, 1.165) is 70.6 Å². The summed E-state index contributed by atoms with van der Waals surface area (Å²) in [6, 6.07) is -0.703. The number of amides is 1. The van der Waals surface area contributed by atoms with Crippen LogP contribution in [0, 0.1) is 0 Å². The first-order valence-electron chi connectivity index (χ1n) is 26.6. The van der Waals surface area contributed by atoms with Crippen LogP contribution < -0.4 is 5.32 Å². The summed E-state index contributed by atoms with van der Waals surface area (Å²) >= 11 is 0. The van der Waals surface area contributed by atoms with E-state index in [-0.39, 0.29) is 24.9 Å². The minimum absolute atomic E-state index is 0.0691. The van der Waals surface area contributed by atoms with Crippen LogP contribution in [0.4, 0.5) is 0 Å². The second-order valence-corrected chi connectivity index (χ2v) is 18.3. The van der Waals surface area contributed by atoms with Gasteiger partial charge in [0, 0.05) is 6.42 Å². The quantitative estimate of drug-likeness (QED) is 0.0322. The molecule has 3 N–H and O–H groups in total. The largest absolute Gasteiger partial charge is 0.462 e. The maximum atomic E-state index is 13.2. The van der Waals surface area contributed by atoms with Crippen LogP contribution in [0.1, 0.15) is 284 Å². The highest BCUT2D eigenvalue weighted by Gasteiger charge is 2.24. The van der Waals surface area contributed by atoms with Crippen molar-refractivity contribution in [2.75, 3.05) is 6.61 Å². The van der Waals surface area contributed by atoms with E-state index in [4.69, 9.17) is 4.74 Å². The van der Waals surface area contributed by atoms with Crippen LogP contribution in [0.25, 0.3) is 0 Å². The van der Waals surface area contributed by atoms with Crippen LogP contribution in [-0.4, -0.2) is 46.9 Å². The maximum Gasteiger partial charge on any atom is 0.306 e. The fraction of sp³-hybridized carbons (Fsp3) is 0.889. The van der Waals surface area contributed by atoms with Gasteiger partial charge in [-0.1, -0.05) is 244 Å². The maximum absolute atomic E-state index is 13.2. The van der Waals surface area contributed by atoms with E-state index in [0.29, 0.717) is 19.3 Å². The number of ether oxygens (including phenoxy) is 1. The fourth-order valence-corrected chi connectivity index (χ4v) is 8.25. The smallest absolute Gasteiger partial charge is 0.306 e. The van der Waals surface area contributed by atoms with Crippen LogP contribution in [0.5, 0.6) is 0 Å². The second kappa shape index (κ2) is 48.4. The van der Waals surface area contributed by atoms with E-state index in [1.807, 2.05) is 0 Å². The molecule has 0 fully saturated rings. The molecule has 60 heavy (non-hydrogen) atoms. The molecule has 0 aliphatic carbocycles. The molecule has 0 aromatic rings. The van der Waals surface area contributed by atoms with Gasteiger partial charge < -0.3 is 20.3 Å². The Hall–Kier alpha value is -1.66. The standard InChI is InChI=1S/C54H103NO5/c1-4-7-10-13-16-19-22-24-25-26-27-29-32-34-37-40-43-46-52(57)51(49-56)55-53(58)48-50(45-42-39-36-33-31-28-23-20-17-14-11-8-5-2)60-54(59)47-44-41-38-35-30-21-18-15-12-9-6-3/h17,20,23,28,50-52,56-57H,4-16,18-19,21-22,24-27,29-49H2,1-3H3,(H,55,58)/b20-17+,28-23+. The van der Waals surface area contributed by atoms with Crippen molar-refractivity contribution < 1.29 is 24.5 Å². The van der Waals surface area contributed by atoms with Gasteiger partial charge in [0.1, 0.15) is 6.10 Å². The summed E-state index contributed by atoms with van der Waals surface area (Å²) in [4.78, 5) is 26.1. The highest BCUT2D eigenvalue weighted by molar-refractivity contribution is 5.77. The number of carbonyl (C=O) groups excluding carboxylic acids is 2. The summed E-state index contributed by atoms with van der Waals surface area (Å²) in [5, 5.41) is 23.8. The Morgan fingerprint density at radius 1 is 0.483 bits per heavy atom. The number of unbranched alkanes of at least 4 members (excludes halogenated alkanes) is 33. The molecule has 0 saturated heterocycles. The first-order chi connectivity index (χ1) is 29.5. The van der Waals surface area contributed by atoms with Gasteiger partial charge in [-0.25, -0.2) is 0 Å². The zero-order chi connectivity index (χ0) is 43.8. The lowest BCUT2D eigenvalue weighted by molar-refractivity contribution is -0.151. The lowest BCUT2D eigenvalue weighted by atomic mass is 10.0. The molecule has 0 rings (SSSR count). The van der Waals surface area contributed by atoms with Gasteiger partial charge in [-0.05, 0) is 51.4 Å². The van der Waals surface area contributed by atoms with Crippen molar-refractivity contribution in [3.63, 3.8) is 0 Å². The fourth-order valence-electron chi connectivity index (χ4n) is 8.25. The monoisotopic (exact) mass is 846 g/mol. The Labute approximate surface area is 373 Å². The third-order valence-electron chi connectivity index (χ3n) is 12.3. The Balaban J connectivity index is 4.49. The number of esters is 1. The molecule has 354 valence electrons. The average molecular weight is 846 g/mol. The molecule has 0 aromatic carbocycles. The molecular formula is C54H103NO5. The zero-order valence-corrected chi connectivity index (χ0v) is 40.4. The highest BCUT2D eigenvalue weighted by atomic mass is 16.5. The minimum Gasteiger partial charge on any atom is -0.462 e. The first-order valence-corrected chi connectivity index (χ1v) is 26.6. The Morgan fingerprint density at radius 2 is 0.833 bits per heavy atom. The van der Waals surface area contributed by atoms with Gasteiger partial charge in [-0.2, -0.15) is 0 Å². The molecule has 0 radical (unpaired) electrons. The van der Waals surface area contributed by atoms with Gasteiger partial charge in [0.25, 0.3) is 0 Å². The van der Waals surface area contributed by atoms with E-state index >= 15 is 0 Å². The van der Waals surface area contributed by atoms with Gasteiger partial charge in [0.15, 0.2) is 0 Å². The van der Waals surface area contributed by atoms with Crippen molar-refractivity contribution in [1.29, 1.82) is 0 Å². The van der Waals surface area contributed by atoms with Crippen molar-refractivity contribution >= 4 is 11.9 Å². The van der Waals surface area contributed by atoms with E-state index in [1.165, 1.54) is 167 Å². The van der Waals surface area contributed by atoms with Crippen LogP contribution in [0.2, 0.25) is 0 Å². The van der Waals surface area contributed by atoms with Crippen molar-refractivity contribution in [3.8, 4) is 0 Å². The summed E-state index contributed by atoms with van der Waals surface area (Å²) in [6.45, 7) is 6.46. The molecule has 0 saturated carbocycles. The van der Waals surface area contributed by atoms with Crippen LogP contribution >= 0.6 is 0 Å². The topological polar surface area (TPSA) is 95.9 Å². The predicted octanol–water partition coefficient (Wildman–Crippen LogP) is 15.9. The van der Waals surface area contributed by atoms with Crippen LogP contribution in [-0.2, 0) is 14.3 Å². The summed E-state index contributed by atoms with van der Waals surface area (Å²) in [6.07, 6.45) is 55.2. The highest BCUT2D eigenvalue weighted by Crippen LogP contribution is 2.18. The number of carbonyl (C=O) groups is 2. The molecule has 6 heteroatoms. The van der Waals surface area contributed by atoms with Gasteiger partial charge in [0.2, 0.25) is 5.91 Å². The van der Waals surface area contributed by atoms with E-state index in [1.54, 1.807) is 0 Å². The Bertz CT molecular complexity index is 950. The third kappa shape index (κ3) is 43.0. The summed E-state index contributed by atoms with van der Waals surface area (Å²) in [5.74, 6) is -0.481. The molecule has 3 unspecified atom stereocenters. The number of aliphatic hydroxyl groups excluding tert-OH is 2. The molecule has 0 heterocycles. The minimum atomic E-state index is -0.789. The van der Waals surface area contributed by atoms with E-state index < -0.39 is 18.2 Å². The van der Waals surface area contributed by atoms with E-state index in [2.05, 4.69) is 50.4 Å². The third-order valence-corrected chi connectivity index (χ3v) is 12.3. The van der Waals surface area contributed by atoms with Gasteiger partial charge in [-0.3, -0.25) is 9.59 Å². The summed E-state index contributed by atoms with van der Waals surface area (Å²) < 4.78 is 5.92. The molecule has 0 aliphatic rings. The molecule has 0 aliphatic heterocycles. The Kier molecular flexibility index (Phi) is 47.0. The van der Waals surface area contributed by atoms with Gasteiger partial charge in [-0.15, -0.1) is 0 Å². The van der Waals surface area contributed by atoms with Crippen LogP contribution in [0.15, 0.2) is 24.3 Å². The molecule has 6 nitrogen and oxygen atoms in total. The lowest BCUT2D eigenvalue weighted by Crippen LogP contribution is -2.46. The average Bonchev–Trinajstić information content (AvgIpc) is 3.24. The molecular weight excluding hydrogens is 743 g/mol. The zero-order valence-electron chi connectivity index (χ0n) is 40.4. The van der Waals surface area contributed by atoms with Gasteiger partial charge >= 0.3 is 5.97 Å². The van der Waals surface area contributed by atoms with Gasteiger partial charge in [0.05, 0.1) is 25.2 Å². The summed E-state index contributed by atoms with van der Waals surface area (Å²) in [7, 11) is 0. The van der Waals surface area contributed by atoms with Crippen molar-refractivity contribution in [3.05, 3.63) is 24.3 Å². The number of rotatable bonds is 48. The normalized spacial score (nSPS) is 13.3. The first kappa shape index (κ1) is 58.3. The van der Waals surface area contributed by atoms with Crippen molar-refractivity contribution in [1.82, 2.24) is 5.32 Å². The summed E-state index contributed by atoms with van der Waals surface area (Å²) in [5.41, 5.74) is 0. The van der Waals surface area contributed by atoms with Crippen LogP contribution in [0.3, 0.4) is 0 Å². The van der Waals surface area contributed by atoms with Crippen molar-refractivity contribution in [2.24, 2.45) is 0 Å². The number of hydrogen-bond donors (Lipinski definition) is 3. The van der Waals surface area contributed by atoms with Crippen molar-refractivity contribution in [2.45, 2.75) is 302 Å². The Morgan fingerprint density at radius 3 is 1.27 bits per heavy atom. The molecule has 3 atom stereocenters. The predicted molar refractivity (Wildman–Crippen MR) is 260 cm³/mol. The number of nitrogens with one attached hydrogen (secondary N) is 1. The second-order valence-electron chi connectivity index (χ2n) is 18.3. The molecule has 1 amide bonds. The lowest BCUT2D eigenvalue weighted by Gasteiger charge is -2.24. The number of hydrogen-bond acceptors (Lipinski definition) is 5. The number of aliphatic hydroxyl groups is 2. The van der Waals surface area contributed by atoms with E-state index in [9.17, 15) is 19.8 Å². The SMILES string of the molecule is CCCCC/C=C/C=C/CCCCCCC(CC(=O)NC(CO)C(O)CCCCCCCCCCCCCCCCCCC)OC(=O)CCCCCCCCCCCCC. The molecule has 0 bridgehead atoms.